The highest BCUT2D eigenvalue weighted by atomic mass is 32.2. The number of piperazine rings is 1. The van der Waals surface area contributed by atoms with Gasteiger partial charge < -0.3 is 4.90 Å². The number of sulfone groups is 1. The predicted molar refractivity (Wildman–Crippen MR) is 65.4 cm³/mol. The highest BCUT2D eigenvalue weighted by Crippen LogP contribution is 2.21. The SMILES string of the molecule is CS(=O)(=O)CCCN1CCN2CCCC2C1. The van der Waals surface area contributed by atoms with E-state index in [-0.39, 0.29) is 0 Å². The summed E-state index contributed by atoms with van der Waals surface area (Å²) >= 11 is 0. The van der Waals surface area contributed by atoms with Crippen LogP contribution in [-0.4, -0.2) is 69.0 Å². The molecule has 2 aliphatic rings. The molecule has 1 atom stereocenters. The maximum atomic E-state index is 11.0. The van der Waals surface area contributed by atoms with E-state index < -0.39 is 9.84 Å². The Bertz CT molecular complexity index is 329. The van der Waals surface area contributed by atoms with E-state index in [1.54, 1.807) is 0 Å². The second kappa shape index (κ2) is 5.02. The van der Waals surface area contributed by atoms with E-state index in [0.717, 1.165) is 32.1 Å². The molecule has 2 aliphatic heterocycles. The van der Waals surface area contributed by atoms with Crippen molar-refractivity contribution in [3.05, 3.63) is 0 Å². The van der Waals surface area contributed by atoms with Crippen LogP contribution in [0.3, 0.4) is 0 Å². The molecule has 94 valence electrons. The lowest BCUT2D eigenvalue weighted by Gasteiger charge is -2.37. The van der Waals surface area contributed by atoms with Gasteiger partial charge in [-0.05, 0) is 32.4 Å². The first-order valence-corrected chi connectivity index (χ1v) is 8.25. The summed E-state index contributed by atoms with van der Waals surface area (Å²) in [5, 5.41) is 0. The van der Waals surface area contributed by atoms with Crippen LogP contribution in [0.25, 0.3) is 0 Å². The molecule has 0 aromatic heterocycles. The number of nitrogens with zero attached hydrogens (tertiary/aromatic N) is 2. The average molecular weight is 246 g/mol. The van der Waals surface area contributed by atoms with E-state index in [4.69, 9.17) is 0 Å². The van der Waals surface area contributed by atoms with Crippen molar-refractivity contribution in [3.63, 3.8) is 0 Å². The second-order valence-electron chi connectivity index (χ2n) is 5.12. The number of hydrogen-bond donors (Lipinski definition) is 0. The highest BCUT2D eigenvalue weighted by Gasteiger charge is 2.30. The van der Waals surface area contributed by atoms with Gasteiger partial charge in [0.05, 0.1) is 5.75 Å². The number of fused-ring (bicyclic) bond motifs is 1. The minimum absolute atomic E-state index is 0.331. The van der Waals surface area contributed by atoms with Gasteiger partial charge in [-0.2, -0.15) is 0 Å². The van der Waals surface area contributed by atoms with Crippen molar-refractivity contribution in [2.24, 2.45) is 0 Å². The molecule has 0 N–H and O–H groups in total. The van der Waals surface area contributed by atoms with Gasteiger partial charge in [0.15, 0.2) is 0 Å². The third kappa shape index (κ3) is 3.43. The fraction of sp³-hybridized carbons (Fsp3) is 1.00. The highest BCUT2D eigenvalue weighted by molar-refractivity contribution is 7.90. The van der Waals surface area contributed by atoms with Crippen molar-refractivity contribution in [1.29, 1.82) is 0 Å². The minimum atomic E-state index is -2.78. The molecule has 0 saturated carbocycles. The predicted octanol–water partition coefficient (Wildman–Crippen LogP) is 0.201. The molecule has 16 heavy (non-hydrogen) atoms. The van der Waals surface area contributed by atoms with Crippen molar-refractivity contribution in [2.45, 2.75) is 25.3 Å². The second-order valence-corrected chi connectivity index (χ2v) is 7.38. The van der Waals surface area contributed by atoms with Crippen molar-refractivity contribution in [3.8, 4) is 0 Å². The largest absolute Gasteiger partial charge is 0.300 e. The summed E-state index contributed by atoms with van der Waals surface area (Å²) in [6.45, 7) is 5.63. The Labute approximate surface area is 98.5 Å². The molecule has 4 nitrogen and oxygen atoms in total. The summed E-state index contributed by atoms with van der Waals surface area (Å²) in [7, 11) is -2.78. The summed E-state index contributed by atoms with van der Waals surface area (Å²) in [5.41, 5.74) is 0. The van der Waals surface area contributed by atoms with E-state index in [0.29, 0.717) is 5.75 Å². The molecule has 2 fully saturated rings. The Kier molecular flexibility index (Phi) is 3.87. The zero-order valence-corrected chi connectivity index (χ0v) is 10.9. The van der Waals surface area contributed by atoms with Crippen LogP contribution in [0.5, 0.6) is 0 Å². The monoisotopic (exact) mass is 246 g/mol. The summed E-state index contributed by atoms with van der Waals surface area (Å²) in [6, 6.07) is 0.743. The molecule has 2 heterocycles. The molecular weight excluding hydrogens is 224 g/mol. The van der Waals surface area contributed by atoms with Gasteiger partial charge in [0.2, 0.25) is 0 Å². The van der Waals surface area contributed by atoms with Gasteiger partial charge in [-0.25, -0.2) is 8.42 Å². The van der Waals surface area contributed by atoms with Crippen LogP contribution in [0, 0.1) is 0 Å². The molecule has 0 aliphatic carbocycles. The smallest absolute Gasteiger partial charge is 0.147 e. The minimum Gasteiger partial charge on any atom is -0.300 e. The Balaban J connectivity index is 1.71. The fourth-order valence-electron chi connectivity index (χ4n) is 2.81. The van der Waals surface area contributed by atoms with Crippen LogP contribution in [0.15, 0.2) is 0 Å². The summed E-state index contributed by atoms with van der Waals surface area (Å²) < 4.78 is 22.1. The first kappa shape index (κ1) is 12.3. The van der Waals surface area contributed by atoms with Crippen LogP contribution in [0.1, 0.15) is 19.3 Å². The normalized spacial score (nSPS) is 28.2. The lowest BCUT2D eigenvalue weighted by Crippen LogP contribution is -2.50. The van der Waals surface area contributed by atoms with Crippen LogP contribution in [0.4, 0.5) is 0 Å². The van der Waals surface area contributed by atoms with Crippen molar-refractivity contribution in [2.75, 3.05) is 44.7 Å². The lowest BCUT2D eigenvalue weighted by molar-refractivity contribution is 0.105. The van der Waals surface area contributed by atoms with Gasteiger partial charge in [-0.15, -0.1) is 0 Å². The topological polar surface area (TPSA) is 40.6 Å². The molecule has 0 aromatic carbocycles. The Morgan fingerprint density at radius 1 is 1.25 bits per heavy atom. The van der Waals surface area contributed by atoms with Crippen LogP contribution in [0.2, 0.25) is 0 Å². The number of rotatable bonds is 4. The van der Waals surface area contributed by atoms with Crippen LogP contribution >= 0.6 is 0 Å². The van der Waals surface area contributed by atoms with Crippen molar-refractivity contribution in [1.82, 2.24) is 9.80 Å². The molecule has 0 aromatic rings. The maximum Gasteiger partial charge on any atom is 0.147 e. The Morgan fingerprint density at radius 3 is 2.81 bits per heavy atom. The molecule has 0 radical (unpaired) electrons. The zero-order valence-electron chi connectivity index (χ0n) is 10.1. The standard InChI is InChI=1S/C11H22N2O2S/c1-16(14,15)9-3-5-12-7-8-13-6-2-4-11(13)10-12/h11H,2-10H2,1H3. The van der Waals surface area contributed by atoms with E-state index >= 15 is 0 Å². The lowest BCUT2D eigenvalue weighted by atomic mass is 10.1. The van der Waals surface area contributed by atoms with E-state index in [9.17, 15) is 8.42 Å². The van der Waals surface area contributed by atoms with Gasteiger partial charge in [-0.1, -0.05) is 0 Å². The third-order valence-electron chi connectivity index (χ3n) is 3.66. The fourth-order valence-corrected chi connectivity index (χ4v) is 3.46. The van der Waals surface area contributed by atoms with Gasteiger partial charge >= 0.3 is 0 Å². The van der Waals surface area contributed by atoms with E-state index in [2.05, 4.69) is 9.80 Å². The maximum absolute atomic E-state index is 11.0. The zero-order chi connectivity index (χ0) is 11.6. The molecule has 2 saturated heterocycles. The van der Waals surface area contributed by atoms with Crippen LogP contribution < -0.4 is 0 Å². The molecule has 0 bridgehead atoms. The molecule has 0 amide bonds. The van der Waals surface area contributed by atoms with Crippen molar-refractivity contribution >= 4 is 9.84 Å². The summed E-state index contributed by atoms with van der Waals surface area (Å²) in [6.07, 6.45) is 4.76. The van der Waals surface area contributed by atoms with Gasteiger partial charge in [-0.3, -0.25) is 4.90 Å². The van der Waals surface area contributed by atoms with Crippen molar-refractivity contribution < 1.29 is 8.42 Å². The van der Waals surface area contributed by atoms with Gasteiger partial charge in [0, 0.05) is 31.9 Å². The molecule has 5 heteroatoms. The molecule has 1 unspecified atom stereocenters. The average Bonchev–Trinajstić information content (AvgIpc) is 2.62. The number of hydrogen-bond acceptors (Lipinski definition) is 4. The van der Waals surface area contributed by atoms with Gasteiger partial charge in [0.1, 0.15) is 9.84 Å². The summed E-state index contributed by atoms with van der Waals surface area (Å²) in [5.74, 6) is 0.331. The Hall–Kier alpha value is -0.130. The molecule has 0 spiro atoms. The summed E-state index contributed by atoms with van der Waals surface area (Å²) in [4.78, 5) is 5.00. The molecule has 2 rings (SSSR count). The van der Waals surface area contributed by atoms with E-state index in [1.165, 1.54) is 32.2 Å². The first-order chi connectivity index (χ1) is 7.54. The van der Waals surface area contributed by atoms with E-state index in [1.807, 2.05) is 0 Å². The Morgan fingerprint density at radius 2 is 2.06 bits per heavy atom. The van der Waals surface area contributed by atoms with Crippen LogP contribution in [-0.2, 0) is 9.84 Å². The first-order valence-electron chi connectivity index (χ1n) is 6.19. The quantitative estimate of drug-likeness (QED) is 0.710. The van der Waals surface area contributed by atoms with Gasteiger partial charge in [0.25, 0.3) is 0 Å². The molecular formula is C11H22N2O2S. The third-order valence-corrected chi connectivity index (χ3v) is 4.69.